The van der Waals surface area contributed by atoms with Crippen LogP contribution in [0.5, 0.6) is 0 Å². The van der Waals surface area contributed by atoms with Gasteiger partial charge in [0.15, 0.2) is 0 Å². The fraction of sp³-hybridized carbons (Fsp3) is 0.400. The Morgan fingerprint density at radius 2 is 0.570 bits per heavy atom. The first-order valence-corrected chi connectivity index (χ1v) is 33.6. The summed E-state index contributed by atoms with van der Waals surface area (Å²) in [7, 11) is -19.6. The molecule has 6 rings (SSSR count). The summed E-state index contributed by atoms with van der Waals surface area (Å²) in [4.78, 5) is 35.0. The number of nitrogens with one attached hydrogen (secondary N) is 3. The van der Waals surface area contributed by atoms with Crippen LogP contribution in [0.4, 0.5) is 34.1 Å². The maximum atomic E-state index is 17.9. The molecule has 0 unspecified atom stereocenters. The highest BCUT2D eigenvalue weighted by atomic mass is 32.2. The van der Waals surface area contributed by atoms with Gasteiger partial charge in [0.25, 0.3) is 47.1 Å². The van der Waals surface area contributed by atoms with E-state index in [2.05, 4.69) is 14.2 Å². The Bertz CT molecular complexity index is 3490. The lowest BCUT2D eigenvalue weighted by Crippen LogP contribution is -2.47. The van der Waals surface area contributed by atoms with Crippen molar-refractivity contribution in [1.29, 1.82) is 0 Å². The number of nitro groups is 3. The van der Waals surface area contributed by atoms with E-state index in [4.69, 9.17) is 13.6 Å². The Kier molecular flexibility index (Phi) is 20.3. The van der Waals surface area contributed by atoms with Crippen molar-refractivity contribution in [3.8, 4) is 0 Å². The molecule has 0 amide bonds. The highest BCUT2D eigenvalue weighted by Crippen LogP contribution is 2.69. The lowest BCUT2D eigenvalue weighted by molar-refractivity contribution is -0.385. The molecule has 0 radical (unpaired) electrons. The standard InChI is InChI=1S/C60H75N6O16PS3/c1-37(2)58(38(3)4,52-31-22-46(64(67)68)34-55(52)61-84(74,75)49-25-16-43(13)17-26-49)80-83(73,81-59(39(5)6,40(7)8)53-32-23-47(65(69)70)35-56(53)62-85(76,77)50-27-18-44(14)19-28-50)82-60(41(9)10,42(11)12)54-33-24-48(66(71)72)36-57(54)63-86(78,79)51-29-20-45(15)21-30-51/h16-42,61-63H,1-15H3. The second-order valence-electron chi connectivity index (χ2n) is 23.2. The maximum absolute atomic E-state index is 17.9. The van der Waals surface area contributed by atoms with Gasteiger partial charge < -0.3 is 0 Å². The summed E-state index contributed by atoms with van der Waals surface area (Å²) >= 11 is 0. The third-order valence-corrected chi connectivity index (χ3v) is 21.3. The Morgan fingerprint density at radius 3 is 0.744 bits per heavy atom. The average molecular weight is 1260 g/mol. The van der Waals surface area contributed by atoms with Gasteiger partial charge in [-0.05, 0) is 111 Å². The van der Waals surface area contributed by atoms with Crippen LogP contribution >= 0.6 is 7.82 Å². The number of hydrogen-bond donors (Lipinski definition) is 3. The van der Waals surface area contributed by atoms with E-state index in [9.17, 15) is 55.6 Å². The first-order chi connectivity index (χ1) is 39.8. The number of sulfonamides is 3. The van der Waals surface area contributed by atoms with E-state index < -0.39 is 122 Å². The molecular formula is C60H75N6O16PS3. The van der Waals surface area contributed by atoms with Gasteiger partial charge in [-0.15, -0.1) is 0 Å². The topological polar surface area (TPSA) is 313 Å². The summed E-state index contributed by atoms with van der Waals surface area (Å²) in [5.41, 5.74) is -7.29. The summed E-state index contributed by atoms with van der Waals surface area (Å²) in [6.45, 7) is 25.1. The molecule has 0 bridgehead atoms. The number of non-ortho nitro benzene ring substituents is 3. The molecule has 0 heterocycles. The monoisotopic (exact) mass is 1260 g/mol. The normalized spacial score (nSPS) is 13.0. The highest BCUT2D eigenvalue weighted by molar-refractivity contribution is 7.93. The molecule has 0 aliphatic heterocycles. The van der Waals surface area contributed by atoms with Crippen LogP contribution in [0.2, 0.25) is 0 Å². The van der Waals surface area contributed by atoms with Crippen molar-refractivity contribution in [3.63, 3.8) is 0 Å². The number of hydrogen-bond acceptors (Lipinski definition) is 16. The van der Waals surface area contributed by atoms with Crippen LogP contribution in [-0.2, 0) is 65.0 Å². The van der Waals surface area contributed by atoms with Gasteiger partial charge in [-0.25, -0.2) is 29.8 Å². The predicted octanol–water partition coefficient (Wildman–Crippen LogP) is 14.8. The van der Waals surface area contributed by atoms with Gasteiger partial charge in [0, 0.05) is 53.1 Å². The molecule has 0 aromatic heterocycles. The molecule has 0 saturated heterocycles. The van der Waals surface area contributed by atoms with E-state index in [-0.39, 0.29) is 48.4 Å². The molecule has 26 heteroatoms. The second-order valence-corrected chi connectivity index (χ2v) is 29.7. The molecule has 0 atom stereocenters. The Balaban J connectivity index is 1.79. The van der Waals surface area contributed by atoms with Crippen LogP contribution in [0, 0.1) is 86.6 Å². The molecule has 464 valence electrons. The second kappa shape index (κ2) is 25.7. The number of phosphoric ester groups is 1. The zero-order valence-corrected chi connectivity index (χ0v) is 54.0. The number of phosphoric acid groups is 1. The Morgan fingerprint density at radius 1 is 0.372 bits per heavy atom. The van der Waals surface area contributed by atoms with Gasteiger partial charge in [-0.1, -0.05) is 136 Å². The lowest BCUT2D eigenvalue weighted by atomic mass is 9.74. The summed E-state index contributed by atoms with van der Waals surface area (Å²) in [6, 6.07) is 27.5. The number of rotatable bonds is 27. The van der Waals surface area contributed by atoms with Crippen LogP contribution in [0.15, 0.2) is 142 Å². The summed E-state index contributed by atoms with van der Waals surface area (Å²) < 4.78 is 134. The molecule has 0 fully saturated rings. The average Bonchev–Trinajstić information content (AvgIpc) is 0.744. The summed E-state index contributed by atoms with van der Waals surface area (Å²) in [5.74, 6) is -5.59. The van der Waals surface area contributed by atoms with Crippen LogP contribution in [-0.4, -0.2) is 40.0 Å². The van der Waals surface area contributed by atoms with E-state index in [0.29, 0.717) is 0 Å². The summed E-state index contributed by atoms with van der Waals surface area (Å²) in [5, 5.41) is 37.8. The number of anilines is 3. The van der Waals surface area contributed by atoms with Gasteiger partial charge in [0.2, 0.25) is 0 Å². The van der Waals surface area contributed by atoms with E-state index >= 15 is 4.57 Å². The fourth-order valence-corrected chi connectivity index (χ4v) is 17.2. The van der Waals surface area contributed by atoms with Gasteiger partial charge in [-0.3, -0.25) is 58.1 Å². The molecule has 6 aromatic rings. The highest BCUT2D eigenvalue weighted by Gasteiger charge is 2.59. The zero-order valence-electron chi connectivity index (χ0n) is 50.6. The minimum atomic E-state index is -5.83. The molecular weight excluding hydrogens is 1190 g/mol. The van der Waals surface area contributed by atoms with Crippen molar-refractivity contribution in [2.24, 2.45) is 35.5 Å². The van der Waals surface area contributed by atoms with E-state index in [0.717, 1.165) is 53.1 Å². The minimum Gasteiger partial charge on any atom is -0.279 e. The van der Waals surface area contributed by atoms with Crippen LogP contribution in [0.3, 0.4) is 0 Å². The van der Waals surface area contributed by atoms with Crippen molar-refractivity contribution in [2.75, 3.05) is 14.2 Å². The molecule has 0 saturated carbocycles. The van der Waals surface area contributed by atoms with Crippen molar-refractivity contribution in [2.45, 2.75) is 135 Å². The quantitative estimate of drug-likeness (QED) is 0.0245. The predicted molar refractivity (Wildman–Crippen MR) is 330 cm³/mol. The van der Waals surface area contributed by atoms with E-state index in [1.165, 1.54) is 54.6 Å². The largest absolute Gasteiger partial charge is 0.477 e. The van der Waals surface area contributed by atoms with Crippen LogP contribution in [0.1, 0.15) is 116 Å². The van der Waals surface area contributed by atoms with Gasteiger partial charge >= 0.3 is 7.82 Å². The van der Waals surface area contributed by atoms with Gasteiger partial charge in [-0.2, -0.15) is 0 Å². The lowest BCUT2D eigenvalue weighted by Gasteiger charge is -2.51. The minimum absolute atomic E-state index is 0.0978. The molecule has 6 aromatic carbocycles. The summed E-state index contributed by atoms with van der Waals surface area (Å²) in [6.07, 6.45) is 0. The van der Waals surface area contributed by atoms with Crippen molar-refractivity contribution >= 4 is 72.0 Å². The van der Waals surface area contributed by atoms with Crippen molar-refractivity contribution in [3.05, 3.63) is 191 Å². The first-order valence-electron chi connectivity index (χ1n) is 27.7. The maximum Gasteiger partial charge on any atom is 0.477 e. The molecule has 86 heavy (non-hydrogen) atoms. The third kappa shape index (κ3) is 13.8. The molecule has 22 nitrogen and oxygen atoms in total. The van der Waals surface area contributed by atoms with Gasteiger partial charge in [0.1, 0.15) is 16.8 Å². The molecule has 0 aliphatic rings. The molecule has 3 N–H and O–H groups in total. The SMILES string of the molecule is Cc1ccc(S(=O)(=O)Nc2cc([N+](=O)[O-])ccc2C(OP(=O)(OC(c2ccc([N+](=O)[O-])cc2NS(=O)(=O)c2ccc(C)cc2)(C(C)C)C(C)C)OC(c2ccc([N+](=O)[O-])cc2NS(=O)(=O)c2ccc(C)cc2)(C(C)C)C(C)C)(C(C)C)C(C)C)cc1. The van der Waals surface area contributed by atoms with E-state index in [1.807, 2.05) is 0 Å². The number of nitro benzene ring substituents is 3. The van der Waals surface area contributed by atoms with Crippen molar-refractivity contribution < 1.29 is 58.2 Å². The fourth-order valence-electron chi connectivity index (χ4n) is 11.2. The number of benzene rings is 6. The van der Waals surface area contributed by atoms with Crippen LogP contribution < -0.4 is 14.2 Å². The zero-order chi connectivity index (χ0) is 64.4. The molecule has 0 aliphatic carbocycles. The van der Waals surface area contributed by atoms with Crippen molar-refractivity contribution in [1.82, 2.24) is 0 Å². The van der Waals surface area contributed by atoms with E-state index in [1.54, 1.807) is 140 Å². The number of aryl methyl sites for hydroxylation is 3. The van der Waals surface area contributed by atoms with Gasteiger partial charge in [0.05, 0.1) is 46.5 Å². The first kappa shape index (κ1) is 68.0. The molecule has 0 spiro atoms. The third-order valence-electron chi connectivity index (χ3n) is 15.6. The number of nitrogens with zero attached hydrogens (tertiary/aromatic N) is 3. The van der Waals surface area contributed by atoms with Crippen LogP contribution in [0.25, 0.3) is 0 Å². The smallest absolute Gasteiger partial charge is 0.279 e. The Labute approximate surface area is 503 Å². The Hall–Kier alpha value is -7.12.